The minimum absolute atomic E-state index is 0.0798. The van der Waals surface area contributed by atoms with Gasteiger partial charge in [0, 0.05) is 17.8 Å². The van der Waals surface area contributed by atoms with Crippen LogP contribution in [0, 0.1) is 6.92 Å². The maximum atomic E-state index is 6.14. The third-order valence-corrected chi connectivity index (χ3v) is 4.62. The van der Waals surface area contributed by atoms with Crippen LogP contribution < -0.4 is 5.73 Å². The summed E-state index contributed by atoms with van der Waals surface area (Å²) in [6.45, 7) is 4.04. The van der Waals surface area contributed by atoms with Crippen LogP contribution in [0.3, 0.4) is 0 Å². The van der Waals surface area contributed by atoms with Crippen molar-refractivity contribution in [1.82, 2.24) is 4.90 Å². The van der Waals surface area contributed by atoms with E-state index in [-0.39, 0.29) is 12.1 Å². The first-order valence-electron chi connectivity index (χ1n) is 6.21. The van der Waals surface area contributed by atoms with Gasteiger partial charge in [0.05, 0.1) is 6.04 Å². The molecule has 96 valence electrons. The minimum atomic E-state index is 0.0798. The van der Waals surface area contributed by atoms with Gasteiger partial charge in [-0.3, -0.25) is 4.90 Å². The molecule has 1 saturated heterocycles. The van der Waals surface area contributed by atoms with Crippen LogP contribution >= 0.6 is 11.8 Å². The van der Waals surface area contributed by atoms with Gasteiger partial charge in [-0.25, -0.2) is 0 Å². The normalized spacial score (nSPS) is 24.2. The van der Waals surface area contributed by atoms with Crippen molar-refractivity contribution in [2.45, 2.75) is 38.4 Å². The molecule has 4 heteroatoms. The van der Waals surface area contributed by atoms with E-state index in [1.165, 1.54) is 17.9 Å². The second-order valence-corrected chi connectivity index (χ2v) is 6.09. The first kappa shape index (κ1) is 13.0. The Morgan fingerprint density at radius 3 is 2.76 bits per heavy atom. The molecule has 3 unspecified atom stereocenters. The molecular weight excluding hydrogens is 232 g/mol. The number of likely N-dealkylation sites (N-methyl/N-ethyl adjacent to an activating group) is 1. The molecule has 0 aliphatic carbocycles. The second-order valence-electron chi connectivity index (χ2n) is 4.94. The zero-order chi connectivity index (χ0) is 12.4. The standard InChI is InChI=1S/C13H22N2OS/c1-9-4-5-12(16-9)13(10(2)14)15(3)11-6-7-17-8-11/h4-5,10-11,13H,6-8,14H2,1-3H3. The summed E-state index contributed by atoms with van der Waals surface area (Å²) in [6.07, 6.45) is 1.25. The van der Waals surface area contributed by atoms with Gasteiger partial charge in [-0.1, -0.05) is 0 Å². The predicted molar refractivity (Wildman–Crippen MR) is 73.3 cm³/mol. The van der Waals surface area contributed by atoms with E-state index < -0.39 is 0 Å². The predicted octanol–water partition coefficient (Wildman–Crippen LogP) is 2.41. The molecule has 2 heterocycles. The minimum Gasteiger partial charge on any atom is -0.465 e. The summed E-state index contributed by atoms with van der Waals surface area (Å²) in [7, 11) is 2.17. The summed E-state index contributed by atoms with van der Waals surface area (Å²) in [6, 6.07) is 4.97. The third-order valence-electron chi connectivity index (χ3n) is 3.47. The SMILES string of the molecule is Cc1ccc(C(C(C)N)N(C)C2CCSC2)o1. The lowest BCUT2D eigenvalue weighted by Crippen LogP contribution is -2.42. The molecule has 1 aliphatic heterocycles. The summed E-state index contributed by atoms with van der Waals surface area (Å²) < 4.78 is 5.76. The van der Waals surface area contributed by atoms with Crippen molar-refractivity contribution in [2.24, 2.45) is 5.73 Å². The Balaban J connectivity index is 2.16. The molecule has 0 radical (unpaired) electrons. The van der Waals surface area contributed by atoms with Crippen LogP contribution in [-0.4, -0.2) is 35.5 Å². The molecule has 2 N–H and O–H groups in total. The fraction of sp³-hybridized carbons (Fsp3) is 0.692. The molecular formula is C13H22N2OS. The second kappa shape index (κ2) is 5.46. The Morgan fingerprint density at radius 1 is 1.53 bits per heavy atom. The number of nitrogens with two attached hydrogens (primary N) is 1. The highest BCUT2D eigenvalue weighted by atomic mass is 32.2. The fourth-order valence-electron chi connectivity index (χ4n) is 2.51. The van der Waals surface area contributed by atoms with E-state index in [9.17, 15) is 0 Å². The molecule has 0 aromatic carbocycles. The van der Waals surface area contributed by atoms with E-state index in [4.69, 9.17) is 10.2 Å². The average Bonchev–Trinajstić information content (AvgIpc) is 2.88. The highest BCUT2D eigenvalue weighted by Gasteiger charge is 2.31. The molecule has 0 saturated carbocycles. The van der Waals surface area contributed by atoms with Gasteiger partial charge in [0.2, 0.25) is 0 Å². The molecule has 0 amide bonds. The zero-order valence-corrected chi connectivity index (χ0v) is 11.7. The Morgan fingerprint density at radius 2 is 2.29 bits per heavy atom. The molecule has 1 fully saturated rings. The molecule has 0 spiro atoms. The van der Waals surface area contributed by atoms with Gasteiger partial charge >= 0.3 is 0 Å². The Labute approximate surface area is 108 Å². The van der Waals surface area contributed by atoms with Crippen molar-refractivity contribution in [3.8, 4) is 0 Å². The number of hydrogen-bond acceptors (Lipinski definition) is 4. The van der Waals surface area contributed by atoms with E-state index >= 15 is 0 Å². The van der Waals surface area contributed by atoms with Crippen molar-refractivity contribution in [3.63, 3.8) is 0 Å². The van der Waals surface area contributed by atoms with Crippen LogP contribution in [0.4, 0.5) is 0 Å². The Bertz CT molecular complexity index is 358. The fourth-order valence-corrected chi connectivity index (χ4v) is 3.79. The van der Waals surface area contributed by atoms with Gasteiger partial charge in [0.1, 0.15) is 11.5 Å². The maximum Gasteiger partial charge on any atom is 0.122 e. The Kier molecular flexibility index (Phi) is 4.17. The average molecular weight is 254 g/mol. The summed E-state index contributed by atoms with van der Waals surface area (Å²) in [4.78, 5) is 2.39. The smallest absolute Gasteiger partial charge is 0.122 e. The highest BCUT2D eigenvalue weighted by molar-refractivity contribution is 7.99. The number of aryl methyl sites for hydroxylation is 1. The van der Waals surface area contributed by atoms with Gasteiger partial charge in [-0.15, -0.1) is 0 Å². The number of nitrogens with zero attached hydrogens (tertiary/aromatic N) is 1. The zero-order valence-electron chi connectivity index (χ0n) is 10.8. The quantitative estimate of drug-likeness (QED) is 0.896. The van der Waals surface area contributed by atoms with Crippen molar-refractivity contribution in [3.05, 3.63) is 23.7 Å². The number of rotatable bonds is 4. The van der Waals surface area contributed by atoms with E-state index in [2.05, 4.69) is 24.9 Å². The van der Waals surface area contributed by atoms with Crippen molar-refractivity contribution < 1.29 is 4.42 Å². The number of furan rings is 1. The van der Waals surface area contributed by atoms with Crippen molar-refractivity contribution >= 4 is 11.8 Å². The van der Waals surface area contributed by atoms with Gasteiger partial charge < -0.3 is 10.2 Å². The van der Waals surface area contributed by atoms with E-state index in [0.717, 1.165) is 11.5 Å². The van der Waals surface area contributed by atoms with Crippen LogP contribution in [0.15, 0.2) is 16.5 Å². The Hall–Kier alpha value is -0.450. The molecule has 1 aliphatic rings. The summed E-state index contributed by atoms with van der Waals surface area (Å²) in [5.41, 5.74) is 6.14. The lowest BCUT2D eigenvalue weighted by molar-refractivity contribution is 0.147. The van der Waals surface area contributed by atoms with Crippen LogP contribution in [0.2, 0.25) is 0 Å². The molecule has 1 aromatic heterocycles. The van der Waals surface area contributed by atoms with Crippen LogP contribution in [0.1, 0.15) is 30.9 Å². The number of thioether (sulfide) groups is 1. The number of hydrogen-bond donors (Lipinski definition) is 1. The van der Waals surface area contributed by atoms with Crippen molar-refractivity contribution in [1.29, 1.82) is 0 Å². The molecule has 17 heavy (non-hydrogen) atoms. The van der Waals surface area contributed by atoms with Crippen LogP contribution in [0.5, 0.6) is 0 Å². The first-order valence-corrected chi connectivity index (χ1v) is 7.36. The lowest BCUT2D eigenvalue weighted by Gasteiger charge is -2.33. The van der Waals surface area contributed by atoms with Gasteiger partial charge in [-0.05, 0) is 45.2 Å². The largest absolute Gasteiger partial charge is 0.465 e. The monoisotopic (exact) mass is 254 g/mol. The lowest BCUT2D eigenvalue weighted by atomic mass is 10.0. The van der Waals surface area contributed by atoms with Gasteiger partial charge in [-0.2, -0.15) is 11.8 Å². The van der Waals surface area contributed by atoms with Gasteiger partial charge in [0.15, 0.2) is 0 Å². The van der Waals surface area contributed by atoms with E-state index in [0.29, 0.717) is 6.04 Å². The molecule has 2 rings (SSSR count). The summed E-state index contributed by atoms with van der Waals surface area (Å²) >= 11 is 2.03. The molecule has 1 aromatic rings. The summed E-state index contributed by atoms with van der Waals surface area (Å²) in [5.74, 6) is 4.42. The topological polar surface area (TPSA) is 42.4 Å². The molecule has 3 nitrogen and oxygen atoms in total. The van der Waals surface area contributed by atoms with E-state index in [1.54, 1.807) is 0 Å². The highest BCUT2D eigenvalue weighted by Crippen LogP contribution is 2.31. The van der Waals surface area contributed by atoms with Gasteiger partial charge in [0.25, 0.3) is 0 Å². The van der Waals surface area contributed by atoms with Crippen LogP contribution in [0.25, 0.3) is 0 Å². The summed E-state index contributed by atoms with van der Waals surface area (Å²) in [5, 5.41) is 0. The van der Waals surface area contributed by atoms with Crippen molar-refractivity contribution in [2.75, 3.05) is 18.6 Å². The molecule has 0 bridgehead atoms. The third kappa shape index (κ3) is 2.87. The van der Waals surface area contributed by atoms with E-state index in [1.807, 2.05) is 24.8 Å². The first-order chi connectivity index (χ1) is 8.09. The van der Waals surface area contributed by atoms with Crippen LogP contribution in [-0.2, 0) is 0 Å². The molecule has 3 atom stereocenters. The maximum absolute atomic E-state index is 6.14.